The van der Waals surface area contributed by atoms with Crippen LogP contribution in [0.2, 0.25) is 13.3 Å². The molecular formula is C17H33NSSn. The van der Waals surface area contributed by atoms with Crippen molar-refractivity contribution in [2.75, 3.05) is 0 Å². The molecule has 0 aliphatic carbocycles. The van der Waals surface area contributed by atoms with E-state index >= 15 is 0 Å². The normalized spacial score (nSPS) is 22.9. The van der Waals surface area contributed by atoms with Gasteiger partial charge in [0.15, 0.2) is 0 Å². The van der Waals surface area contributed by atoms with Crippen LogP contribution in [-0.4, -0.2) is 26.9 Å². The zero-order valence-electron chi connectivity index (χ0n) is 13.8. The molecule has 2 unspecified atom stereocenters. The van der Waals surface area contributed by atoms with E-state index in [0.717, 1.165) is 3.27 Å². The van der Waals surface area contributed by atoms with Crippen LogP contribution < -0.4 is 0 Å². The van der Waals surface area contributed by atoms with Gasteiger partial charge in [0.05, 0.1) is 0 Å². The van der Waals surface area contributed by atoms with Crippen LogP contribution in [-0.2, 0) is 0 Å². The molecule has 0 amide bonds. The van der Waals surface area contributed by atoms with Crippen LogP contribution in [0.1, 0.15) is 72.1 Å². The Kier molecular flexibility index (Phi) is 9.70. The summed E-state index contributed by atoms with van der Waals surface area (Å²) in [6, 6.07) is 2.53. The van der Waals surface area contributed by atoms with Gasteiger partial charge in [-0.25, -0.2) is 0 Å². The van der Waals surface area contributed by atoms with Gasteiger partial charge in [0.25, 0.3) is 0 Å². The molecule has 20 heavy (non-hydrogen) atoms. The minimum absolute atomic E-state index is 0.320. The van der Waals surface area contributed by atoms with E-state index in [0.29, 0.717) is 5.25 Å². The first-order valence-electron chi connectivity index (χ1n) is 8.77. The van der Waals surface area contributed by atoms with Crippen LogP contribution in [0.4, 0.5) is 0 Å². The van der Waals surface area contributed by atoms with Gasteiger partial charge in [-0.15, -0.1) is 0 Å². The van der Waals surface area contributed by atoms with Gasteiger partial charge < -0.3 is 0 Å². The van der Waals surface area contributed by atoms with E-state index in [4.69, 9.17) is 0 Å². The van der Waals surface area contributed by atoms with Crippen LogP contribution in [0.3, 0.4) is 0 Å². The van der Waals surface area contributed by atoms with Crippen molar-refractivity contribution in [3.63, 3.8) is 0 Å². The fraction of sp³-hybridized carbons (Fsp3) is 0.941. The van der Waals surface area contributed by atoms with Gasteiger partial charge in [0, 0.05) is 0 Å². The maximum atomic E-state index is 9.23. The summed E-state index contributed by atoms with van der Waals surface area (Å²) in [4.78, 5) is 0. The zero-order valence-corrected chi connectivity index (χ0v) is 17.5. The van der Waals surface area contributed by atoms with E-state index in [9.17, 15) is 5.26 Å². The van der Waals surface area contributed by atoms with E-state index in [1.54, 1.807) is 13.3 Å². The molecule has 1 nitrogen and oxygen atoms in total. The monoisotopic (exact) mass is 403 g/mol. The van der Waals surface area contributed by atoms with E-state index in [1.165, 1.54) is 51.4 Å². The second kappa shape index (κ2) is 10.4. The summed E-state index contributed by atoms with van der Waals surface area (Å²) in [6.07, 6.45) is 11.0. The number of rotatable bonds is 10. The molecule has 0 bridgehead atoms. The molecule has 0 aromatic carbocycles. The maximum absolute atomic E-state index is 9.23. The SMILES string of the molecule is CCC[CH2][Sn]([CH2]CCC)([CH2]CCC)[CH]1CCC(C#N)S1. The molecule has 1 rings (SSSR count). The molecule has 116 valence electrons. The Hall–Kier alpha value is 0.639. The van der Waals surface area contributed by atoms with Crippen LogP contribution in [0, 0.1) is 11.3 Å². The molecule has 1 aliphatic rings. The first kappa shape index (κ1) is 18.7. The minimum atomic E-state index is -2.04. The molecule has 2 atom stereocenters. The summed E-state index contributed by atoms with van der Waals surface area (Å²) in [7, 11) is 0. The van der Waals surface area contributed by atoms with Crippen LogP contribution >= 0.6 is 11.8 Å². The first-order valence-corrected chi connectivity index (χ1v) is 17.4. The van der Waals surface area contributed by atoms with Gasteiger partial charge in [-0.3, -0.25) is 0 Å². The van der Waals surface area contributed by atoms with Crippen molar-refractivity contribution in [2.24, 2.45) is 0 Å². The fourth-order valence-corrected chi connectivity index (χ4v) is 27.3. The summed E-state index contributed by atoms with van der Waals surface area (Å²) in [6.45, 7) is 7.03. The predicted octanol–water partition coefficient (Wildman–Crippen LogP) is 6.16. The van der Waals surface area contributed by atoms with Crippen molar-refractivity contribution < 1.29 is 0 Å². The Bertz CT molecular complexity index is 278. The van der Waals surface area contributed by atoms with Crippen molar-refractivity contribution in [1.82, 2.24) is 0 Å². The fourth-order valence-electron chi connectivity index (χ4n) is 3.63. The van der Waals surface area contributed by atoms with E-state index < -0.39 is 18.4 Å². The van der Waals surface area contributed by atoms with Crippen molar-refractivity contribution in [3.8, 4) is 6.07 Å². The third-order valence-corrected chi connectivity index (χ3v) is 27.0. The van der Waals surface area contributed by atoms with Crippen LogP contribution in [0.5, 0.6) is 0 Å². The molecule has 0 spiro atoms. The van der Waals surface area contributed by atoms with Crippen molar-refractivity contribution in [1.29, 1.82) is 5.26 Å². The second-order valence-electron chi connectivity index (χ2n) is 6.49. The summed E-state index contributed by atoms with van der Waals surface area (Å²) in [5.41, 5.74) is 0. The first-order chi connectivity index (χ1) is 9.72. The number of unbranched alkanes of at least 4 members (excludes halogenated alkanes) is 3. The molecule has 0 saturated carbocycles. The van der Waals surface area contributed by atoms with Gasteiger partial charge in [0.1, 0.15) is 0 Å². The molecule has 1 aliphatic heterocycles. The Morgan fingerprint density at radius 2 is 1.45 bits per heavy atom. The Labute approximate surface area is 135 Å². The number of thioether (sulfide) groups is 1. The van der Waals surface area contributed by atoms with Gasteiger partial charge in [-0.05, 0) is 0 Å². The molecule has 1 fully saturated rings. The predicted molar refractivity (Wildman–Crippen MR) is 94.9 cm³/mol. The summed E-state index contributed by atoms with van der Waals surface area (Å²) in [5, 5.41) is 9.55. The Morgan fingerprint density at radius 1 is 0.950 bits per heavy atom. The Morgan fingerprint density at radius 3 is 1.80 bits per heavy atom. The standard InChI is InChI=1S/C5H6NS.3C4H9.Sn/c6-4-5-2-1-3-7-5;3*1-3-4-2;/h3,5H,1-2H2;3*1,3-4H2,2H3;. The van der Waals surface area contributed by atoms with Crippen molar-refractivity contribution in [2.45, 2.75) is 94.0 Å². The molecule has 3 heteroatoms. The average Bonchev–Trinajstić information content (AvgIpc) is 2.96. The van der Waals surface area contributed by atoms with E-state index in [1.807, 2.05) is 0 Å². The molecule has 1 saturated heterocycles. The topological polar surface area (TPSA) is 23.8 Å². The number of hydrogen-bond acceptors (Lipinski definition) is 2. The molecule has 1 heterocycles. The molecule has 0 aromatic rings. The number of nitriles is 1. The van der Waals surface area contributed by atoms with Crippen LogP contribution in [0.15, 0.2) is 0 Å². The van der Waals surface area contributed by atoms with Gasteiger partial charge in [-0.2, -0.15) is 0 Å². The average molecular weight is 402 g/mol. The van der Waals surface area contributed by atoms with Gasteiger partial charge in [-0.1, -0.05) is 0 Å². The summed E-state index contributed by atoms with van der Waals surface area (Å²) >= 11 is 0.0603. The van der Waals surface area contributed by atoms with E-state index in [-0.39, 0.29) is 0 Å². The molecule has 0 radical (unpaired) electrons. The van der Waals surface area contributed by atoms with Crippen molar-refractivity contribution in [3.05, 3.63) is 0 Å². The third-order valence-electron chi connectivity index (χ3n) is 4.93. The summed E-state index contributed by atoms with van der Waals surface area (Å²) < 4.78 is 5.75. The second-order valence-corrected chi connectivity index (χ2v) is 23.1. The van der Waals surface area contributed by atoms with Gasteiger partial charge >= 0.3 is 135 Å². The molecule has 0 aromatic heterocycles. The van der Waals surface area contributed by atoms with Crippen molar-refractivity contribution >= 4 is 30.1 Å². The third kappa shape index (κ3) is 5.44. The quantitative estimate of drug-likeness (QED) is 0.409. The van der Waals surface area contributed by atoms with Crippen LogP contribution in [0.25, 0.3) is 0 Å². The molecular weight excluding hydrogens is 369 g/mol. The summed E-state index contributed by atoms with van der Waals surface area (Å²) in [5.74, 6) is 0. The Balaban J connectivity index is 2.79. The number of hydrogen-bond donors (Lipinski definition) is 0. The van der Waals surface area contributed by atoms with Gasteiger partial charge in [0.2, 0.25) is 0 Å². The zero-order chi connectivity index (χ0) is 14.8. The molecule has 0 N–H and O–H groups in total. The number of nitrogens with zero attached hydrogens (tertiary/aromatic N) is 1. The van der Waals surface area contributed by atoms with E-state index in [2.05, 4.69) is 38.6 Å².